The van der Waals surface area contributed by atoms with Gasteiger partial charge >= 0.3 is 0 Å². The lowest BCUT2D eigenvalue weighted by molar-refractivity contribution is 0.157. The van der Waals surface area contributed by atoms with Crippen molar-refractivity contribution in [1.82, 2.24) is 0 Å². The van der Waals surface area contributed by atoms with Crippen molar-refractivity contribution in [3.63, 3.8) is 0 Å². The van der Waals surface area contributed by atoms with E-state index in [1.807, 2.05) is 0 Å². The van der Waals surface area contributed by atoms with Gasteiger partial charge < -0.3 is 9.67 Å². The number of sulfone groups is 2. The van der Waals surface area contributed by atoms with Crippen molar-refractivity contribution in [3.05, 3.63) is 23.1 Å². The van der Waals surface area contributed by atoms with Crippen LogP contribution in [0.15, 0.2) is 23.1 Å². The topological polar surface area (TPSA) is 106 Å². The summed E-state index contributed by atoms with van der Waals surface area (Å²) in [6.07, 6.45) is 2.42. The summed E-state index contributed by atoms with van der Waals surface area (Å²) >= 11 is 0. The summed E-state index contributed by atoms with van der Waals surface area (Å²) in [5.41, 5.74) is -0.0213. The summed E-state index contributed by atoms with van der Waals surface area (Å²) in [7, 11) is -10.8. The van der Waals surface area contributed by atoms with Crippen LogP contribution in [0, 0.1) is 5.92 Å². The average Bonchev–Trinajstić information content (AvgIpc) is 2.21. The Labute approximate surface area is 133 Å². The Morgan fingerprint density at radius 3 is 2.09 bits per heavy atom. The van der Waals surface area contributed by atoms with Crippen molar-refractivity contribution in [1.29, 1.82) is 0 Å². The van der Waals surface area contributed by atoms with Gasteiger partial charge in [0.2, 0.25) is 0 Å². The lowest BCUT2D eigenvalue weighted by Crippen LogP contribution is -2.17. The Morgan fingerprint density at radius 2 is 1.68 bits per heavy atom. The second kappa shape index (κ2) is 7.90. The van der Waals surface area contributed by atoms with E-state index in [9.17, 15) is 26.5 Å². The van der Waals surface area contributed by atoms with Gasteiger partial charge in [-0.15, -0.1) is 0 Å². The molecule has 0 rings (SSSR count). The Kier molecular flexibility index (Phi) is 7.75. The fraction of sp³-hybridized carbons (Fsp3) is 0.692. The van der Waals surface area contributed by atoms with Crippen molar-refractivity contribution >= 4 is 26.8 Å². The first-order chi connectivity index (χ1) is 9.64. The number of rotatable bonds is 8. The SMILES string of the molecule is CC(=CC(C)C(C)O)/C=C/S(=O)(=O)CS(=O)(=O)CP(C)(C)=O. The van der Waals surface area contributed by atoms with E-state index in [-0.39, 0.29) is 5.92 Å². The zero-order valence-corrected chi connectivity index (χ0v) is 16.1. The Morgan fingerprint density at radius 1 is 1.18 bits per heavy atom. The molecule has 0 fully saturated rings. The predicted octanol–water partition coefficient (Wildman–Crippen LogP) is 1.83. The van der Waals surface area contributed by atoms with Crippen LogP contribution in [0.5, 0.6) is 0 Å². The second-order valence-corrected chi connectivity index (χ2v) is 14.2. The molecule has 0 aromatic heterocycles. The minimum Gasteiger partial charge on any atom is -0.393 e. The first-order valence-electron chi connectivity index (χ1n) is 6.65. The van der Waals surface area contributed by atoms with Crippen LogP contribution < -0.4 is 0 Å². The van der Waals surface area contributed by atoms with E-state index >= 15 is 0 Å². The molecule has 0 heterocycles. The molecule has 6 nitrogen and oxygen atoms in total. The molecule has 0 saturated carbocycles. The minimum absolute atomic E-state index is 0.151. The number of hydrogen-bond donors (Lipinski definition) is 1. The highest BCUT2D eigenvalue weighted by molar-refractivity contribution is 8.11. The van der Waals surface area contributed by atoms with Crippen LogP contribution in [0.2, 0.25) is 0 Å². The molecular formula is C13H25O6PS2. The molecule has 0 aliphatic heterocycles. The van der Waals surface area contributed by atoms with E-state index in [2.05, 4.69) is 0 Å². The molecule has 130 valence electrons. The summed E-state index contributed by atoms with van der Waals surface area (Å²) < 4.78 is 58.7. The quantitative estimate of drug-likeness (QED) is 0.515. The molecule has 2 atom stereocenters. The van der Waals surface area contributed by atoms with Gasteiger partial charge in [-0.1, -0.05) is 18.6 Å². The van der Waals surface area contributed by atoms with Crippen LogP contribution in [-0.4, -0.2) is 52.0 Å². The summed E-state index contributed by atoms with van der Waals surface area (Å²) in [5.74, 6) is -0.151. The van der Waals surface area contributed by atoms with Crippen molar-refractivity contribution in [3.8, 4) is 0 Å². The molecule has 2 unspecified atom stereocenters. The van der Waals surface area contributed by atoms with Crippen LogP contribution in [0.4, 0.5) is 0 Å². The van der Waals surface area contributed by atoms with E-state index in [4.69, 9.17) is 0 Å². The second-order valence-electron chi connectivity index (χ2n) is 6.04. The lowest BCUT2D eigenvalue weighted by Gasteiger charge is -2.10. The summed E-state index contributed by atoms with van der Waals surface area (Å²) in [6.45, 7) is 7.66. The maximum atomic E-state index is 11.8. The molecular weight excluding hydrogens is 347 g/mol. The van der Waals surface area contributed by atoms with Crippen LogP contribution >= 0.6 is 7.14 Å². The summed E-state index contributed by atoms with van der Waals surface area (Å²) in [4.78, 5) is 0. The van der Waals surface area contributed by atoms with Gasteiger partial charge in [0.25, 0.3) is 0 Å². The fourth-order valence-electron chi connectivity index (χ4n) is 1.62. The minimum atomic E-state index is -3.96. The molecule has 0 saturated heterocycles. The van der Waals surface area contributed by atoms with E-state index < -0.39 is 43.5 Å². The van der Waals surface area contributed by atoms with Crippen molar-refractivity contribution in [2.75, 3.05) is 23.9 Å². The third kappa shape index (κ3) is 10.3. The molecule has 22 heavy (non-hydrogen) atoms. The van der Waals surface area contributed by atoms with E-state index in [0.29, 0.717) is 5.57 Å². The predicted molar refractivity (Wildman–Crippen MR) is 90.8 cm³/mol. The van der Waals surface area contributed by atoms with Crippen molar-refractivity contribution in [2.24, 2.45) is 5.92 Å². The molecule has 0 aromatic carbocycles. The number of aliphatic hydroxyl groups is 1. The van der Waals surface area contributed by atoms with Crippen molar-refractivity contribution < 1.29 is 26.5 Å². The number of hydrogen-bond acceptors (Lipinski definition) is 6. The molecule has 0 bridgehead atoms. The van der Waals surface area contributed by atoms with Gasteiger partial charge in [0.05, 0.1) is 13.2 Å². The fourth-order valence-corrected chi connectivity index (χ4v) is 9.12. The molecule has 0 spiro atoms. The monoisotopic (exact) mass is 372 g/mol. The summed E-state index contributed by atoms with van der Waals surface area (Å²) in [5, 5.41) is 9.15. The van der Waals surface area contributed by atoms with Crippen LogP contribution in [0.3, 0.4) is 0 Å². The maximum Gasteiger partial charge on any atom is 0.185 e. The third-order valence-electron chi connectivity index (χ3n) is 2.68. The number of aliphatic hydroxyl groups excluding tert-OH is 1. The highest BCUT2D eigenvalue weighted by Crippen LogP contribution is 2.37. The standard InChI is InChI=1S/C13H25O6PS2/c1-11(8-12(2)13(3)14)6-7-21(16,17)10-22(18,19)9-20(4,5)15/h6-8,12-14H,9-10H2,1-5H3/b7-6+,11-8?. The third-order valence-corrected chi connectivity index (χ3v) is 10.0. The average molecular weight is 372 g/mol. The van der Waals surface area contributed by atoms with Gasteiger partial charge in [-0.2, -0.15) is 0 Å². The van der Waals surface area contributed by atoms with Gasteiger partial charge in [0.15, 0.2) is 24.8 Å². The first-order valence-corrected chi connectivity index (χ1v) is 13.0. The Balaban J connectivity index is 5.07. The van der Waals surface area contributed by atoms with Gasteiger partial charge in [-0.3, -0.25) is 0 Å². The van der Waals surface area contributed by atoms with Crippen LogP contribution in [-0.2, 0) is 24.2 Å². The summed E-state index contributed by atoms with van der Waals surface area (Å²) in [6, 6.07) is 0. The first kappa shape index (κ1) is 21.6. The largest absolute Gasteiger partial charge is 0.393 e. The van der Waals surface area contributed by atoms with Crippen molar-refractivity contribution in [2.45, 2.75) is 26.9 Å². The normalized spacial score (nSPS) is 17.6. The van der Waals surface area contributed by atoms with E-state index in [0.717, 1.165) is 5.41 Å². The molecule has 0 aliphatic carbocycles. The maximum absolute atomic E-state index is 11.8. The van der Waals surface area contributed by atoms with Gasteiger partial charge in [-0.05, 0) is 33.3 Å². The molecule has 0 aromatic rings. The van der Waals surface area contributed by atoms with Gasteiger partial charge in [0, 0.05) is 11.3 Å². The van der Waals surface area contributed by atoms with Gasteiger partial charge in [0.1, 0.15) is 5.49 Å². The highest BCUT2D eigenvalue weighted by atomic mass is 32.3. The van der Waals surface area contributed by atoms with Crippen LogP contribution in [0.1, 0.15) is 20.8 Å². The zero-order valence-electron chi connectivity index (χ0n) is 13.6. The molecule has 9 heteroatoms. The molecule has 1 N–H and O–H groups in total. The van der Waals surface area contributed by atoms with E-state index in [1.165, 1.54) is 19.4 Å². The van der Waals surface area contributed by atoms with Gasteiger partial charge in [-0.25, -0.2) is 16.8 Å². The highest BCUT2D eigenvalue weighted by Gasteiger charge is 2.25. The van der Waals surface area contributed by atoms with Crippen LogP contribution in [0.25, 0.3) is 0 Å². The molecule has 0 amide bonds. The molecule has 0 radical (unpaired) electrons. The Bertz CT molecular complexity index is 680. The lowest BCUT2D eigenvalue weighted by atomic mass is 10.0. The van der Waals surface area contributed by atoms with E-state index in [1.54, 1.807) is 26.8 Å². The smallest absolute Gasteiger partial charge is 0.185 e. The zero-order chi connectivity index (χ0) is 17.8. The number of allylic oxidation sites excluding steroid dienone is 2. The Hall–Kier alpha value is -0.430. The molecule has 0 aliphatic rings.